The minimum Gasteiger partial charge on any atom is -0.506 e. The van der Waals surface area contributed by atoms with Gasteiger partial charge in [-0.1, -0.05) is 48.3 Å². The zero-order valence-corrected chi connectivity index (χ0v) is 28.9. The summed E-state index contributed by atoms with van der Waals surface area (Å²) in [6, 6.07) is 7.83. The van der Waals surface area contributed by atoms with Crippen LogP contribution in [0, 0.1) is 0 Å². The number of aromatic hydroxyl groups is 1. The van der Waals surface area contributed by atoms with Gasteiger partial charge in [0.25, 0.3) is 0 Å². The molecule has 11 nitrogen and oxygen atoms in total. The maximum absolute atomic E-state index is 13.1. The van der Waals surface area contributed by atoms with Crippen molar-refractivity contribution in [3.8, 4) is 5.75 Å². The lowest BCUT2D eigenvalue weighted by Crippen LogP contribution is -2.45. The molecule has 1 saturated carbocycles. The number of carbonyl (C=O) groups is 3. The quantitative estimate of drug-likeness (QED) is 0.0928. The number of amides is 1. The molecule has 0 unspecified atom stereocenters. The molecular weight excluding hydrogens is 742 g/mol. The van der Waals surface area contributed by atoms with E-state index in [-0.39, 0.29) is 16.5 Å². The zero-order chi connectivity index (χ0) is 37.5. The second-order valence-electron chi connectivity index (χ2n) is 10.9. The van der Waals surface area contributed by atoms with Gasteiger partial charge in [0.15, 0.2) is 0 Å². The summed E-state index contributed by atoms with van der Waals surface area (Å²) in [5.74, 6) is -5.18. The summed E-state index contributed by atoms with van der Waals surface area (Å²) < 4.78 is 65.1. The van der Waals surface area contributed by atoms with Crippen molar-refractivity contribution >= 4 is 62.3 Å². The van der Waals surface area contributed by atoms with E-state index in [0.717, 1.165) is 71.3 Å². The van der Waals surface area contributed by atoms with Gasteiger partial charge >= 0.3 is 29.2 Å². The molecule has 280 valence electrons. The lowest BCUT2D eigenvalue weighted by Gasteiger charge is -2.34. The second kappa shape index (κ2) is 20.5. The molecule has 3 aromatic rings. The molecular formula is C30H37ClF6N4O7S2. The van der Waals surface area contributed by atoms with Crippen molar-refractivity contribution in [3.05, 3.63) is 48.7 Å². The van der Waals surface area contributed by atoms with E-state index >= 15 is 0 Å². The Bertz CT molecular complexity index is 1570. The van der Waals surface area contributed by atoms with Crippen LogP contribution in [0.1, 0.15) is 49.0 Å². The first kappa shape index (κ1) is 42.8. The highest BCUT2D eigenvalue weighted by molar-refractivity contribution is 7.16. The van der Waals surface area contributed by atoms with Crippen LogP contribution in [-0.2, 0) is 27.2 Å². The lowest BCUT2D eigenvalue weighted by atomic mass is 9.94. The minimum absolute atomic E-state index is 0.104. The average Bonchev–Trinajstić information content (AvgIpc) is 3.65. The van der Waals surface area contributed by atoms with Gasteiger partial charge < -0.3 is 35.8 Å². The summed E-state index contributed by atoms with van der Waals surface area (Å²) in [6.45, 7) is 3.71. The Hall–Kier alpha value is -3.39. The van der Waals surface area contributed by atoms with Crippen molar-refractivity contribution in [1.29, 1.82) is 0 Å². The molecule has 1 amide bonds. The van der Waals surface area contributed by atoms with Gasteiger partial charge in [-0.2, -0.15) is 26.3 Å². The number of aromatic amines is 1. The molecule has 4 rings (SSSR count). The fraction of sp³-hybridized carbons (Fsp3) is 0.533. The Morgan fingerprint density at radius 1 is 0.860 bits per heavy atom. The number of fused-ring (bicyclic) bond motifs is 1. The monoisotopic (exact) mass is 778 g/mol. The maximum Gasteiger partial charge on any atom is 0.490 e. The van der Waals surface area contributed by atoms with Crippen LogP contribution < -0.4 is 15.5 Å². The normalized spacial score (nSPS) is 13.6. The van der Waals surface area contributed by atoms with E-state index in [9.17, 15) is 41.0 Å². The van der Waals surface area contributed by atoms with Gasteiger partial charge in [0.2, 0.25) is 5.91 Å². The number of carboxylic acid groups (broad SMARTS) is 2. The number of phenolic OH excluding ortho intramolecular Hbond substituents is 1. The summed E-state index contributed by atoms with van der Waals surface area (Å²) in [4.78, 5) is 48.6. The molecule has 1 aliphatic rings. The highest BCUT2D eigenvalue weighted by Crippen LogP contribution is 2.28. The van der Waals surface area contributed by atoms with Crippen molar-refractivity contribution in [1.82, 2.24) is 20.5 Å². The number of hydrogen-bond donors (Lipinski definition) is 6. The number of thiazole rings is 1. The molecule has 0 bridgehead atoms. The Balaban J connectivity index is 0.000000521. The summed E-state index contributed by atoms with van der Waals surface area (Å²) in [7, 11) is 0. The predicted molar refractivity (Wildman–Crippen MR) is 177 cm³/mol. The van der Waals surface area contributed by atoms with Crippen LogP contribution in [0.25, 0.3) is 10.2 Å². The number of thiophene rings is 1. The molecule has 0 saturated heterocycles. The molecule has 50 heavy (non-hydrogen) atoms. The smallest absolute Gasteiger partial charge is 0.490 e. The third-order valence-electron chi connectivity index (χ3n) is 7.25. The predicted octanol–water partition coefficient (Wildman–Crippen LogP) is 5.79. The molecule has 0 radical (unpaired) electrons. The Morgan fingerprint density at radius 2 is 1.44 bits per heavy atom. The van der Waals surface area contributed by atoms with Crippen LogP contribution >= 0.6 is 34.3 Å². The number of carboxylic acids is 2. The summed E-state index contributed by atoms with van der Waals surface area (Å²) >= 11 is 8.73. The van der Waals surface area contributed by atoms with Crippen molar-refractivity contribution in [2.75, 3.05) is 32.7 Å². The summed E-state index contributed by atoms with van der Waals surface area (Å²) in [5, 5.41) is 31.1. The van der Waals surface area contributed by atoms with Crippen LogP contribution in [0.2, 0.25) is 4.34 Å². The van der Waals surface area contributed by atoms with E-state index in [1.807, 2.05) is 12.1 Å². The van der Waals surface area contributed by atoms with E-state index in [4.69, 9.17) is 31.4 Å². The number of hydrogen-bond acceptors (Lipinski definition) is 9. The number of nitrogens with one attached hydrogen (secondary N) is 3. The number of aromatic nitrogens is 1. The van der Waals surface area contributed by atoms with Crippen LogP contribution in [0.5, 0.6) is 5.75 Å². The number of alkyl halides is 6. The van der Waals surface area contributed by atoms with Gasteiger partial charge in [0, 0.05) is 37.0 Å². The van der Waals surface area contributed by atoms with Gasteiger partial charge in [0.1, 0.15) is 11.3 Å². The fourth-order valence-electron chi connectivity index (χ4n) is 4.88. The molecule has 2 aromatic heterocycles. The summed E-state index contributed by atoms with van der Waals surface area (Å²) in [6.07, 6.45) is -2.14. The maximum atomic E-state index is 13.1. The Labute approximate surface area is 295 Å². The molecule has 6 N–H and O–H groups in total. The van der Waals surface area contributed by atoms with E-state index < -0.39 is 24.3 Å². The Morgan fingerprint density at radius 3 is 2.00 bits per heavy atom. The van der Waals surface area contributed by atoms with Gasteiger partial charge in [-0.15, -0.1) is 11.3 Å². The number of benzene rings is 1. The number of carbonyl (C=O) groups excluding carboxylic acids is 1. The van der Waals surface area contributed by atoms with Crippen molar-refractivity contribution in [3.63, 3.8) is 0 Å². The molecule has 1 aliphatic carbocycles. The number of phenols is 1. The number of halogens is 7. The molecule has 0 spiro atoms. The largest absolute Gasteiger partial charge is 0.506 e. The molecule has 20 heteroatoms. The van der Waals surface area contributed by atoms with Crippen molar-refractivity contribution in [2.24, 2.45) is 0 Å². The van der Waals surface area contributed by atoms with Crippen LogP contribution in [0.4, 0.5) is 26.3 Å². The first-order chi connectivity index (χ1) is 23.4. The van der Waals surface area contributed by atoms with Crippen LogP contribution in [0.15, 0.2) is 29.1 Å². The lowest BCUT2D eigenvalue weighted by molar-refractivity contribution is -0.193. The third kappa shape index (κ3) is 15.2. The zero-order valence-electron chi connectivity index (χ0n) is 26.5. The van der Waals surface area contributed by atoms with E-state index in [1.165, 1.54) is 24.1 Å². The van der Waals surface area contributed by atoms with Gasteiger partial charge in [-0.05, 0) is 62.5 Å². The van der Waals surface area contributed by atoms with Crippen LogP contribution in [0.3, 0.4) is 0 Å². The third-order valence-corrected chi connectivity index (χ3v) is 9.50. The minimum atomic E-state index is -5.08. The standard InChI is InChI=1S/C26H35ClN4O3S2.2C2HF3O2/c27-22-9-7-20(35-22)11-14-28-15-12-23(33)31(19-4-2-1-3-5-19)17-16-29-13-10-18-6-8-21(32)24-25(18)36-26(34)30-24;2*3-2(4,5)1(6)7/h6-9,19,28-29,32H,1-5,10-17H2,(H,30,34);2*(H,6,7). The fourth-order valence-corrected chi connectivity index (χ4v) is 6.87. The van der Waals surface area contributed by atoms with Gasteiger partial charge in [0.05, 0.1) is 9.04 Å². The van der Waals surface area contributed by atoms with Gasteiger partial charge in [-0.3, -0.25) is 9.59 Å². The van der Waals surface area contributed by atoms with E-state index in [1.54, 1.807) is 17.4 Å². The first-order valence-corrected chi connectivity index (χ1v) is 17.3. The molecule has 2 heterocycles. The second-order valence-corrected chi connectivity index (χ2v) is 13.7. The molecule has 0 aliphatic heterocycles. The molecule has 1 aromatic carbocycles. The van der Waals surface area contributed by atoms with E-state index in [2.05, 4.69) is 26.6 Å². The topological polar surface area (TPSA) is 172 Å². The highest BCUT2D eigenvalue weighted by Gasteiger charge is 2.39. The SMILES string of the molecule is O=C(CCNCCc1ccc(Cl)s1)N(CCNCCc1ccc(O)c2[nH]c(=O)sc12)C1CCCCC1.O=C(O)C(F)(F)F.O=C(O)C(F)(F)F. The van der Waals surface area contributed by atoms with Crippen LogP contribution in [-0.4, -0.2) is 94.2 Å². The van der Waals surface area contributed by atoms with E-state index in [0.29, 0.717) is 31.1 Å². The highest BCUT2D eigenvalue weighted by atomic mass is 35.5. The number of H-pyrrole nitrogens is 1. The average molecular weight is 779 g/mol. The first-order valence-electron chi connectivity index (χ1n) is 15.3. The number of nitrogens with zero attached hydrogens (tertiary/aromatic N) is 1. The van der Waals surface area contributed by atoms with Gasteiger partial charge in [-0.25, -0.2) is 9.59 Å². The number of aliphatic carboxylic acids is 2. The van der Waals surface area contributed by atoms with Crippen molar-refractivity contribution < 1.29 is 56.0 Å². The van der Waals surface area contributed by atoms with Crippen molar-refractivity contribution in [2.45, 2.75) is 69.8 Å². The Kier molecular flexibility index (Phi) is 17.5. The summed E-state index contributed by atoms with van der Waals surface area (Å²) in [5.41, 5.74) is 1.55. The molecule has 0 atom stereocenters. The number of rotatable bonds is 13. The molecule has 1 fully saturated rings.